The summed E-state index contributed by atoms with van der Waals surface area (Å²) in [4.78, 5) is 4.43. The van der Waals surface area contributed by atoms with Gasteiger partial charge in [-0.05, 0) is 53.6 Å². The largest absolute Gasteiger partial charge is 0.493 e. The Morgan fingerprint density at radius 3 is 2.51 bits per heavy atom. The van der Waals surface area contributed by atoms with Crippen molar-refractivity contribution in [2.24, 2.45) is 0 Å². The van der Waals surface area contributed by atoms with Crippen molar-refractivity contribution in [1.29, 1.82) is 0 Å². The van der Waals surface area contributed by atoms with Crippen LogP contribution in [0.3, 0.4) is 0 Å². The molecule has 3 heterocycles. The molecule has 0 radical (unpaired) electrons. The van der Waals surface area contributed by atoms with E-state index in [2.05, 4.69) is 15.4 Å². The third-order valence-electron chi connectivity index (χ3n) is 6.27. The minimum Gasteiger partial charge on any atom is -0.493 e. The van der Waals surface area contributed by atoms with Crippen molar-refractivity contribution in [1.82, 2.24) is 14.8 Å². The molecule has 2 aliphatic heterocycles. The Kier molecular flexibility index (Phi) is 5.11. The lowest BCUT2D eigenvalue weighted by molar-refractivity contribution is 0.223. The number of halogens is 2. The summed E-state index contributed by atoms with van der Waals surface area (Å²) < 4.78 is 33.1. The lowest BCUT2D eigenvalue weighted by atomic mass is 9.84. The molecule has 0 saturated carbocycles. The van der Waals surface area contributed by atoms with Crippen LogP contribution >= 0.6 is 11.6 Å². The van der Waals surface area contributed by atoms with Crippen LogP contribution in [0.25, 0.3) is 5.70 Å². The van der Waals surface area contributed by atoms with Crippen LogP contribution in [0.1, 0.15) is 28.8 Å². The molecule has 3 aromatic carbocycles. The number of ether oxygens (including phenoxy) is 3. The van der Waals surface area contributed by atoms with E-state index < -0.39 is 12.1 Å². The van der Waals surface area contributed by atoms with Gasteiger partial charge in [0.2, 0.25) is 5.95 Å². The van der Waals surface area contributed by atoms with Crippen LogP contribution in [0.2, 0.25) is 5.02 Å². The lowest BCUT2D eigenvalue weighted by Crippen LogP contribution is -2.32. The first-order valence-electron chi connectivity index (χ1n) is 10.9. The van der Waals surface area contributed by atoms with Crippen molar-refractivity contribution in [3.8, 4) is 17.2 Å². The molecule has 35 heavy (non-hydrogen) atoms. The molecule has 4 aromatic rings. The van der Waals surface area contributed by atoms with Gasteiger partial charge in [0, 0.05) is 16.2 Å². The highest BCUT2D eigenvalue weighted by Crippen LogP contribution is 2.51. The van der Waals surface area contributed by atoms with E-state index in [4.69, 9.17) is 25.8 Å². The third kappa shape index (κ3) is 3.49. The number of methoxy groups -OCH3 is 2. The summed E-state index contributed by atoms with van der Waals surface area (Å²) in [6.45, 7) is 0. The van der Waals surface area contributed by atoms with Crippen LogP contribution in [0.15, 0.2) is 72.6 Å². The second-order valence-corrected chi connectivity index (χ2v) is 8.63. The second kappa shape index (κ2) is 8.32. The molecule has 0 spiro atoms. The number of fused-ring (bicyclic) bond motifs is 3. The van der Waals surface area contributed by atoms with E-state index in [0.717, 1.165) is 28.0 Å². The summed E-state index contributed by atoms with van der Waals surface area (Å²) >= 11 is 6.37. The minimum absolute atomic E-state index is 0.317. The van der Waals surface area contributed by atoms with Crippen molar-refractivity contribution >= 4 is 23.2 Å². The predicted molar refractivity (Wildman–Crippen MR) is 129 cm³/mol. The molecule has 176 valence electrons. The van der Waals surface area contributed by atoms with Gasteiger partial charge in [-0.15, -0.1) is 0 Å². The minimum atomic E-state index is -0.526. The quantitative estimate of drug-likeness (QED) is 0.399. The zero-order chi connectivity index (χ0) is 24.1. The first-order valence-corrected chi connectivity index (χ1v) is 11.3. The number of hydrogen-bond acceptors (Lipinski definition) is 6. The highest BCUT2D eigenvalue weighted by molar-refractivity contribution is 6.30. The number of anilines is 1. The van der Waals surface area contributed by atoms with Crippen LogP contribution < -0.4 is 19.5 Å². The number of benzene rings is 3. The molecule has 0 bridgehead atoms. The highest BCUT2D eigenvalue weighted by atomic mass is 35.5. The lowest BCUT2D eigenvalue weighted by Gasteiger charge is -2.39. The van der Waals surface area contributed by atoms with Crippen molar-refractivity contribution < 1.29 is 18.6 Å². The molecular formula is C26H20ClFN4O3. The SMILES string of the molecule is COc1ccc([C@@H]2C3=C(Nc4ncnn42)c2cc(Cl)ccc2O[C@H]3c2ccc(F)cc2)cc1OC. The first-order chi connectivity index (χ1) is 17.1. The van der Waals surface area contributed by atoms with Gasteiger partial charge in [-0.1, -0.05) is 29.8 Å². The molecule has 0 aliphatic carbocycles. The van der Waals surface area contributed by atoms with Gasteiger partial charge < -0.3 is 19.5 Å². The average molecular weight is 491 g/mol. The van der Waals surface area contributed by atoms with Crippen LogP contribution in [0.4, 0.5) is 10.3 Å². The molecule has 2 atom stereocenters. The molecule has 0 saturated heterocycles. The third-order valence-corrected chi connectivity index (χ3v) is 6.51. The Bertz CT molecular complexity index is 1470. The van der Waals surface area contributed by atoms with Gasteiger partial charge in [-0.3, -0.25) is 0 Å². The van der Waals surface area contributed by atoms with Gasteiger partial charge in [0.1, 0.15) is 30.0 Å². The topological polar surface area (TPSA) is 70.4 Å². The fraction of sp³-hybridized carbons (Fsp3) is 0.154. The average Bonchev–Trinajstić information content (AvgIpc) is 3.35. The van der Waals surface area contributed by atoms with E-state index in [1.54, 1.807) is 37.1 Å². The number of aromatic nitrogens is 3. The normalized spacial score (nSPS) is 18.1. The molecule has 0 unspecified atom stereocenters. The highest BCUT2D eigenvalue weighted by Gasteiger charge is 2.41. The first kappa shape index (κ1) is 21.5. The van der Waals surface area contributed by atoms with Crippen LogP contribution in [-0.2, 0) is 0 Å². The smallest absolute Gasteiger partial charge is 0.226 e. The summed E-state index contributed by atoms with van der Waals surface area (Å²) in [6, 6.07) is 17.1. The molecule has 1 N–H and O–H groups in total. The Hall–Kier alpha value is -4.04. The van der Waals surface area contributed by atoms with Gasteiger partial charge in [0.05, 0.1) is 19.9 Å². The molecular weight excluding hydrogens is 471 g/mol. The summed E-state index contributed by atoms with van der Waals surface area (Å²) in [5.41, 5.74) is 4.21. The summed E-state index contributed by atoms with van der Waals surface area (Å²) in [5.74, 6) is 2.13. The second-order valence-electron chi connectivity index (χ2n) is 8.19. The van der Waals surface area contributed by atoms with Gasteiger partial charge in [-0.25, -0.2) is 9.07 Å². The maximum atomic E-state index is 13.8. The fourth-order valence-corrected chi connectivity index (χ4v) is 4.87. The van der Waals surface area contributed by atoms with Crippen LogP contribution in [0.5, 0.6) is 17.2 Å². The Labute approximate surface area is 205 Å². The molecule has 1 aromatic heterocycles. The van der Waals surface area contributed by atoms with E-state index in [0.29, 0.717) is 28.2 Å². The Morgan fingerprint density at radius 1 is 0.971 bits per heavy atom. The van der Waals surface area contributed by atoms with Gasteiger partial charge >= 0.3 is 0 Å². The van der Waals surface area contributed by atoms with Gasteiger partial charge in [0.15, 0.2) is 11.5 Å². The zero-order valence-corrected chi connectivity index (χ0v) is 19.6. The summed E-state index contributed by atoms with van der Waals surface area (Å²) in [5, 5.41) is 8.52. The van der Waals surface area contributed by atoms with Crippen molar-refractivity contribution in [3.63, 3.8) is 0 Å². The standard InChI is InChI=1S/C26H20ClFN4O3/c1-33-20-9-5-15(11-21(20)34-2)24-22-23(31-26-29-13-30-32(24)26)18-12-16(27)6-10-19(18)35-25(22)14-3-7-17(28)8-4-14/h3-13,24-25H,1-2H3,(H,29,30,31)/t24-,25+/m1/s1. The molecule has 9 heteroatoms. The van der Waals surface area contributed by atoms with E-state index >= 15 is 0 Å². The van der Waals surface area contributed by atoms with E-state index in [1.807, 2.05) is 30.3 Å². The number of hydrogen-bond donors (Lipinski definition) is 1. The van der Waals surface area contributed by atoms with Gasteiger partial charge in [-0.2, -0.15) is 10.1 Å². The molecule has 0 amide bonds. The number of nitrogens with zero attached hydrogens (tertiary/aromatic N) is 3. The maximum Gasteiger partial charge on any atom is 0.226 e. The number of rotatable bonds is 4. The fourth-order valence-electron chi connectivity index (χ4n) is 4.70. The van der Waals surface area contributed by atoms with Crippen molar-refractivity contribution in [3.05, 3.63) is 100 Å². The van der Waals surface area contributed by atoms with Crippen LogP contribution in [-0.4, -0.2) is 29.0 Å². The molecule has 2 aliphatic rings. The monoisotopic (exact) mass is 490 g/mol. The Morgan fingerprint density at radius 2 is 1.74 bits per heavy atom. The molecule has 6 rings (SSSR count). The summed E-state index contributed by atoms with van der Waals surface area (Å²) in [7, 11) is 3.19. The van der Waals surface area contributed by atoms with Gasteiger partial charge in [0.25, 0.3) is 0 Å². The van der Waals surface area contributed by atoms with Crippen molar-refractivity contribution in [2.75, 3.05) is 19.5 Å². The predicted octanol–water partition coefficient (Wildman–Crippen LogP) is 5.65. The molecule has 7 nitrogen and oxygen atoms in total. The number of nitrogens with one attached hydrogen (secondary N) is 1. The molecule has 0 fully saturated rings. The van der Waals surface area contributed by atoms with E-state index in [9.17, 15) is 4.39 Å². The summed E-state index contributed by atoms with van der Waals surface area (Å²) in [6.07, 6.45) is 0.975. The van der Waals surface area contributed by atoms with Crippen molar-refractivity contribution in [2.45, 2.75) is 12.1 Å². The Balaban J connectivity index is 1.62. The van der Waals surface area contributed by atoms with Crippen LogP contribution in [0, 0.1) is 5.82 Å². The zero-order valence-electron chi connectivity index (χ0n) is 18.8. The van der Waals surface area contributed by atoms with E-state index in [-0.39, 0.29) is 5.82 Å². The maximum absolute atomic E-state index is 13.8. The van der Waals surface area contributed by atoms with E-state index in [1.165, 1.54) is 18.5 Å².